The van der Waals surface area contributed by atoms with E-state index in [0.717, 1.165) is 42.8 Å². The van der Waals surface area contributed by atoms with E-state index >= 15 is 0 Å². The molecule has 0 aliphatic heterocycles. The van der Waals surface area contributed by atoms with Gasteiger partial charge in [0.15, 0.2) is 5.82 Å². The van der Waals surface area contributed by atoms with Gasteiger partial charge in [0.1, 0.15) is 12.4 Å². The second-order valence-electron chi connectivity index (χ2n) is 7.18. The van der Waals surface area contributed by atoms with Crippen LogP contribution >= 0.6 is 0 Å². The predicted octanol–water partition coefficient (Wildman–Crippen LogP) is 2.84. The molecule has 1 saturated carbocycles. The molecule has 0 radical (unpaired) electrons. The van der Waals surface area contributed by atoms with Crippen molar-refractivity contribution in [1.29, 1.82) is 0 Å². The highest BCUT2D eigenvalue weighted by molar-refractivity contribution is 5.56. The predicted molar refractivity (Wildman–Crippen MR) is 109 cm³/mol. The number of pyridine rings is 1. The minimum absolute atomic E-state index is 0.0611. The Morgan fingerprint density at radius 3 is 2.76 bits per heavy atom. The number of hydrogen-bond donors (Lipinski definition) is 1. The van der Waals surface area contributed by atoms with Crippen LogP contribution in [-0.4, -0.2) is 37.9 Å². The average Bonchev–Trinajstić information content (AvgIpc) is 2.76. The third-order valence-electron chi connectivity index (χ3n) is 5.16. The second kappa shape index (κ2) is 8.91. The molecule has 3 aromatic rings. The van der Waals surface area contributed by atoms with Gasteiger partial charge in [-0.2, -0.15) is 5.10 Å². The maximum Gasteiger partial charge on any atom is 0.267 e. The molecule has 1 N–H and O–H groups in total. The molecule has 4 rings (SSSR count). The first-order valence-corrected chi connectivity index (χ1v) is 9.80. The van der Waals surface area contributed by atoms with E-state index in [1.165, 1.54) is 0 Å². The van der Waals surface area contributed by atoms with E-state index in [4.69, 9.17) is 4.74 Å². The molecule has 0 saturated heterocycles. The molecule has 8 nitrogen and oxygen atoms in total. The largest absolute Gasteiger partial charge is 0.377 e. The van der Waals surface area contributed by atoms with Crippen molar-refractivity contribution in [2.75, 3.05) is 12.4 Å². The van der Waals surface area contributed by atoms with Crippen LogP contribution in [0.3, 0.4) is 0 Å². The number of nitrogens with one attached hydrogen (secondary N) is 1. The standard InChI is InChI=1S/C21H24N6O2/c1-29-14-20-23-12-10-19(25-20)24-16-4-6-17(7-5-16)27-21(28)9-8-18(26-27)15-3-2-11-22-13-15/h2-3,8-13,16-17H,4-7,14H2,1H3,(H,23,24,25). The van der Waals surface area contributed by atoms with Gasteiger partial charge in [0.05, 0.1) is 11.7 Å². The van der Waals surface area contributed by atoms with Crippen LogP contribution in [0, 0.1) is 0 Å². The lowest BCUT2D eigenvalue weighted by molar-refractivity contribution is 0.178. The molecule has 150 valence electrons. The minimum atomic E-state index is -0.0611. The Morgan fingerprint density at radius 2 is 2.00 bits per heavy atom. The topological polar surface area (TPSA) is 94.8 Å². The zero-order chi connectivity index (χ0) is 20.1. The van der Waals surface area contributed by atoms with E-state index < -0.39 is 0 Å². The molecule has 3 aromatic heterocycles. The van der Waals surface area contributed by atoms with E-state index in [1.54, 1.807) is 42.5 Å². The van der Waals surface area contributed by atoms with Crippen molar-refractivity contribution < 1.29 is 4.74 Å². The highest BCUT2D eigenvalue weighted by Gasteiger charge is 2.24. The second-order valence-corrected chi connectivity index (χ2v) is 7.18. The van der Waals surface area contributed by atoms with Crippen LogP contribution < -0.4 is 10.9 Å². The van der Waals surface area contributed by atoms with E-state index in [0.29, 0.717) is 18.5 Å². The summed E-state index contributed by atoms with van der Waals surface area (Å²) in [7, 11) is 1.63. The fourth-order valence-electron chi connectivity index (χ4n) is 3.71. The lowest BCUT2D eigenvalue weighted by Crippen LogP contribution is -2.33. The number of nitrogens with zero attached hydrogens (tertiary/aromatic N) is 5. The summed E-state index contributed by atoms with van der Waals surface area (Å²) in [6.45, 7) is 0.393. The van der Waals surface area contributed by atoms with E-state index in [-0.39, 0.29) is 11.6 Å². The first kappa shape index (κ1) is 19.2. The zero-order valence-electron chi connectivity index (χ0n) is 16.4. The van der Waals surface area contributed by atoms with Gasteiger partial charge in [0.25, 0.3) is 5.56 Å². The maximum atomic E-state index is 12.4. The lowest BCUT2D eigenvalue weighted by Gasteiger charge is -2.30. The highest BCUT2D eigenvalue weighted by Crippen LogP contribution is 2.29. The van der Waals surface area contributed by atoms with Gasteiger partial charge in [-0.15, -0.1) is 0 Å². The Bertz CT molecular complexity index is 999. The summed E-state index contributed by atoms with van der Waals surface area (Å²) in [6.07, 6.45) is 8.89. The molecule has 3 heterocycles. The zero-order valence-corrected chi connectivity index (χ0v) is 16.4. The Balaban J connectivity index is 1.42. The highest BCUT2D eigenvalue weighted by atomic mass is 16.5. The van der Waals surface area contributed by atoms with Crippen molar-refractivity contribution in [3.05, 3.63) is 65.1 Å². The number of methoxy groups -OCH3 is 1. The summed E-state index contributed by atoms with van der Waals surface area (Å²) >= 11 is 0. The summed E-state index contributed by atoms with van der Waals surface area (Å²) in [6, 6.07) is 9.46. The van der Waals surface area contributed by atoms with Crippen molar-refractivity contribution in [3.63, 3.8) is 0 Å². The molecule has 1 aliphatic rings. The summed E-state index contributed by atoms with van der Waals surface area (Å²) in [5, 5.41) is 8.10. The first-order valence-electron chi connectivity index (χ1n) is 9.80. The third kappa shape index (κ3) is 4.65. The number of ether oxygens (including phenoxy) is 1. The van der Waals surface area contributed by atoms with Crippen molar-refractivity contribution >= 4 is 5.82 Å². The number of aromatic nitrogens is 5. The van der Waals surface area contributed by atoms with Crippen LogP contribution in [0.5, 0.6) is 0 Å². The van der Waals surface area contributed by atoms with Crippen LogP contribution in [0.15, 0.2) is 53.7 Å². The summed E-state index contributed by atoms with van der Waals surface area (Å²) < 4.78 is 6.73. The summed E-state index contributed by atoms with van der Waals surface area (Å²) in [5.74, 6) is 1.47. The average molecular weight is 392 g/mol. The van der Waals surface area contributed by atoms with Gasteiger partial charge in [0.2, 0.25) is 0 Å². The first-order chi connectivity index (χ1) is 14.2. The van der Waals surface area contributed by atoms with Gasteiger partial charge in [-0.3, -0.25) is 9.78 Å². The van der Waals surface area contributed by atoms with Crippen molar-refractivity contribution in [2.24, 2.45) is 0 Å². The lowest BCUT2D eigenvalue weighted by atomic mass is 9.91. The smallest absolute Gasteiger partial charge is 0.267 e. The van der Waals surface area contributed by atoms with Crippen LogP contribution in [-0.2, 0) is 11.3 Å². The third-order valence-corrected chi connectivity index (χ3v) is 5.16. The monoisotopic (exact) mass is 392 g/mol. The molecule has 0 atom stereocenters. The van der Waals surface area contributed by atoms with Crippen molar-refractivity contribution in [2.45, 2.75) is 44.4 Å². The van der Waals surface area contributed by atoms with Gasteiger partial charge in [0, 0.05) is 43.4 Å². The van der Waals surface area contributed by atoms with Gasteiger partial charge in [-0.25, -0.2) is 14.6 Å². The SMILES string of the molecule is COCc1nccc(NC2CCC(n3nc(-c4cccnc4)ccc3=O)CC2)n1. The quantitative estimate of drug-likeness (QED) is 0.689. The Morgan fingerprint density at radius 1 is 1.14 bits per heavy atom. The molecule has 0 amide bonds. The Kier molecular flexibility index (Phi) is 5.90. The number of rotatable bonds is 6. The van der Waals surface area contributed by atoms with E-state index in [1.807, 2.05) is 18.2 Å². The van der Waals surface area contributed by atoms with Crippen LogP contribution in [0.25, 0.3) is 11.3 Å². The molecule has 0 spiro atoms. The minimum Gasteiger partial charge on any atom is -0.377 e. The Labute approximate surface area is 169 Å². The van der Waals surface area contributed by atoms with Gasteiger partial charge in [-0.05, 0) is 49.9 Å². The molecule has 0 aromatic carbocycles. The molecular formula is C21H24N6O2. The van der Waals surface area contributed by atoms with Crippen LogP contribution in [0.2, 0.25) is 0 Å². The van der Waals surface area contributed by atoms with Gasteiger partial charge < -0.3 is 10.1 Å². The summed E-state index contributed by atoms with van der Waals surface area (Å²) in [4.78, 5) is 25.2. The molecule has 1 fully saturated rings. The summed E-state index contributed by atoms with van der Waals surface area (Å²) in [5.41, 5.74) is 1.62. The fraction of sp³-hybridized carbons (Fsp3) is 0.381. The molecule has 0 bridgehead atoms. The Hall–Kier alpha value is -3.13. The number of hydrogen-bond acceptors (Lipinski definition) is 7. The van der Waals surface area contributed by atoms with Crippen molar-refractivity contribution in [1.82, 2.24) is 24.7 Å². The number of anilines is 1. The van der Waals surface area contributed by atoms with Crippen LogP contribution in [0.4, 0.5) is 5.82 Å². The molecule has 8 heteroatoms. The van der Waals surface area contributed by atoms with E-state index in [2.05, 4.69) is 25.4 Å². The normalized spacial score (nSPS) is 19.1. The molecule has 1 aliphatic carbocycles. The maximum absolute atomic E-state index is 12.4. The fourth-order valence-corrected chi connectivity index (χ4v) is 3.71. The van der Waals surface area contributed by atoms with E-state index in [9.17, 15) is 4.79 Å². The molecular weight excluding hydrogens is 368 g/mol. The van der Waals surface area contributed by atoms with Crippen LogP contribution in [0.1, 0.15) is 37.5 Å². The van der Waals surface area contributed by atoms with Crippen molar-refractivity contribution in [3.8, 4) is 11.3 Å². The van der Waals surface area contributed by atoms with Gasteiger partial charge >= 0.3 is 0 Å². The molecule has 29 heavy (non-hydrogen) atoms. The molecule has 0 unspecified atom stereocenters. The van der Waals surface area contributed by atoms with Gasteiger partial charge in [-0.1, -0.05) is 0 Å².